The van der Waals surface area contributed by atoms with E-state index in [-0.39, 0.29) is 6.09 Å². The van der Waals surface area contributed by atoms with Crippen LogP contribution in [0.25, 0.3) is 0 Å². The summed E-state index contributed by atoms with van der Waals surface area (Å²) >= 11 is 0. The molecular formula is C18H26N2O2. The second-order valence-corrected chi connectivity index (χ2v) is 6.33. The highest BCUT2D eigenvalue weighted by Gasteiger charge is 2.38. The summed E-state index contributed by atoms with van der Waals surface area (Å²) in [7, 11) is 0. The third-order valence-corrected chi connectivity index (χ3v) is 4.99. The van der Waals surface area contributed by atoms with Crippen molar-refractivity contribution < 1.29 is 9.53 Å². The van der Waals surface area contributed by atoms with E-state index in [0.717, 1.165) is 19.4 Å². The minimum Gasteiger partial charge on any atom is -0.410 e. The van der Waals surface area contributed by atoms with Crippen molar-refractivity contribution in [3.05, 3.63) is 29.3 Å². The van der Waals surface area contributed by atoms with Crippen molar-refractivity contribution in [1.82, 2.24) is 10.2 Å². The number of rotatable bonds is 5. The van der Waals surface area contributed by atoms with Crippen LogP contribution in [0.1, 0.15) is 62.6 Å². The molecule has 3 rings (SSSR count). The maximum atomic E-state index is 11.8. The van der Waals surface area contributed by atoms with E-state index in [1.54, 1.807) is 0 Å². The summed E-state index contributed by atoms with van der Waals surface area (Å²) in [6.07, 6.45) is 4.13. The summed E-state index contributed by atoms with van der Waals surface area (Å²) in [5.41, 5.74) is 2.82. The molecule has 1 aliphatic carbocycles. The molecule has 1 aromatic carbocycles. The van der Waals surface area contributed by atoms with Gasteiger partial charge in [-0.05, 0) is 61.5 Å². The zero-order valence-corrected chi connectivity index (χ0v) is 13.6. The number of ether oxygens (including phenoxy) is 1. The fourth-order valence-electron chi connectivity index (χ4n) is 3.78. The van der Waals surface area contributed by atoms with Gasteiger partial charge in [-0.1, -0.05) is 26.3 Å². The topological polar surface area (TPSA) is 41.6 Å². The molecule has 1 saturated heterocycles. The molecule has 1 heterocycles. The van der Waals surface area contributed by atoms with Crippen LogP contribution in [0.4, 0.5) is 4.79 Å². The molecule has 0 spiro atoms. The first kappa shape index (κ1) is 15.3. The molecule has 2 atom stereocenters. The molecule has 0 saturated carbocycles. The van der Waals surface area contributed by atoms with Gasteiger partial charge >= 0.3 is 6.09 Å². The van der Waals surface area contributed by atoms with Gasteiger partial charge in [0.05, 0.1) is 0 Å². The molecule has 4 nitrogen and oxygen atoms in total. The van der Waals surface area contributed by atoms with E-state index in [4.69, 9.17) is 4.74 Å². The Morgan fingerprint density at radius 3 is 3.00 bits per heavy atom. The van der Waals surface area contributed by atoms with Gasteiger partial charge in [-0.2, -0.15) is 0 Å². The molecule has 1 aromatic rings. The van der Waals surface area contributed by atoms with E-state index in [1.165, 1.54) is 30.5 Å². The quantitative estimate of drug-likeness (QED) is 0.841. The summed E-state index contributed by atoms with van der Waals surface area (Å²) in [4.78, 5) is 14.3. The van der Waals surface area contributed by atoms with Crippen molar-refractivity contribution in [2.45, 2.75) is 51.5 Å². The third kappa shape index (κ3) is 2.98. The van der Waals surface area contributed by atoms with Crippen LogP contribution in [0, 0.1) is 0 Å². The van der Waals surface area contributed by atoms with Crippen molar-refractivity contribution >= 4 is 6.09 Å². The first-order chi connectivity index (χ1) is 10.7. The van der Waals surface area contributed by atoms with Gasteiger partial charge in [-0.15, -0.1) is 0 Å². The largest absolute Gasteiger partial charge is 0.412 e. The van der Waals surface area contributed by atoms with E-state index >= 15 is 0 Å². The smallest absolute Gasteiger partial charge is 0.410 e. The molecule has 120 valence electrons. The van der Waals surface area contributed by atoms with E-state index in [1.807, 2.05) is 6.07 Å². The number of carbonyl (C=O) groups excluding carboxylic acids is 1. The van der Waals surface area contributed by atoms with E-state index in [2.05, 4.69) is 36.2 Å². The number of unbranched alkanes of at least 4 members (excludes halogenated alkanes) is 1. The van der Waals surface area contributed by atoms with Crippen molar-refractivity contribution in [2.24, 2.45) is 0 Å². The lowest BCUT2D eigenvalue weighted by Gasteiger charge is -2.32. The van der Waals surface area contributed by atoms with Crippen molar-refractivity contribution in [2.75, 3.05) is 19.6 Å². The highest BCUT2D eigenvalue weighted by molar-refractivity contribution is 5.70. The molecule has 1 aliphatic heterocycles. The first-order valence-corrected chi connectivity index (χ1v) is 8.56. The first-order valence-electron chi connectivity index (χ1n) is 8.56. The molecule has 0 radical (unpaired) electrons. The van der Waals surface area contributed by atoms with Crippen LogP contribution in [0.2, 0.25) is 0 Å². The highest BCUT2D eigenvalue weighted by Crippen LogP contribution is 2.49. The fraction of sp³-hybridized carbons (Fsp3) is 0.611. The molecule has 1 fully saturated rings. The van der Waals surface area contributed by atoms with Crippen LogP contribution >= 0.6 is 0 Å². The molecule has 2 unspecified atom stereocenters. The third-order valence-electron chi connectivity index (χ3n) is 4.99. The molecule has 0 aromatic heterocycles. The maximum Gasteiger partial charge on any atom is 0.412 e. The lowest BCUT2D eigenvalue weighted by Crippen LogP contribution is -2.31. The lowest BCUT2D eigenvalue weighted by atomic mass is 9.95. The Hall–Kier alpha value is -1.55. The zero-order chi connectivity index (χ0) is 15.5. The minimum absolute atomic E-state index is 0.343. The molecular weight excluding hydrogens is 276 g/mol. The summed E-state index contributed by atoms with van der Waals surface area (Å²) in [5, 5.41) is 2.79. The van der Waals surface area contributed by atoms with Crippen LogP contribution in [0.5, 0.6) is 5.75 Å². The number of benzene rings is 1. The second kappa shape index (κ2) is 6.69. The average molecular weight is 302 g/mol. The van der Waals surface area contributed by atoms with Gasteiger partial charge in [0.2, 0.25) is 0 Å². The number of nitrogens with zero attached hydrogens (tertiary/aromatic N) is 1. The summed E-state index contributed by atoms with van der Waals surface area (Å²) in [6, 6.07) is 6.74. The number of likely N-dealkylation sites (tertiary alicyclic amines) is 1. The Bertz CT molecular complexity index is 544. The number of piperidine rings is 1. The number of fused-ring (bicyclic) bond motifs is 5. The number of hydrogen-bond acceptors (Lipinski definition) is 3. The Morgan fingerprint density at radius 2 is 2.23 bits per heavy atom. The predicted molar refractivity (Wildman–Crippen MR) is 87.3 cm³/mol. The van der Waals surface area contributed by atoms with Crippen molar-refractivity contribution in [1.29, 1.82) is 0 Å². The molecule has 22 heavy (non-hydrogen) atoms. The lowest BCUT2D eigenvalue weighted by molar-refractivity contribution is 0.161. The summed E-state index contributed by atoms with van der Waals surface area (Å²) in [6.45, 7) is 7.29. The van der Waals surface area contributed by atoms with Gasteiger partial charge in [0.25, 0.3) is 0 Å². The zero-order valence-electron chi connectivity index (χ0n) is 13.6. The normalized spacial score (nSPS) is 23.2. The van der Waals surface area contributed by atoms with Crippen LogP contribution in [0.3, 0.4) is 0 Å². The van der Waals surface area contributed by atoms with E-state index in [9.17, 15) is 4.79 Å². The monoisotopic (exact) mass is 302 g/mol. The van der Waals surface area contributed by atoms with Gasteiger partial charge in [0, 0.05) is 12.6 Å². The van der Waals surface area contributed by atoms with E-state index in [0.29, 0.717) is 24.3 Å². The fourth-order valence-corrected chi connectivity index (χ4v) is 3.78. The molecule has 4 heteroatoms. The Kier molecular flexibility index (Phi) is 4.67. The van der Waals surface area contributed by atoms with Crippen LogP contribution in [0.15, 0.2) is 18.2 Å². The second-order valence-electron chi connectivity index (χ2n) is 6.33. The number of hydrogen-bond donors (Lipinski definition) is 1. The summed E-state index contributed by atoms with van der Waals surface area (Å²) in [5.74, 6) is 1.30. The highest BCUT2D eigenvalue weighted by atomic mass is 16.6. The molecule has 2 bridgehead atoms. The SMILES string of the molecule is CCCCNC(=O)Oc1ccc2c(c1)C1CCN(CC)C2C1. The Labute approximate surface area is 132 Å². The van der Waals surface area contributed by atoms with Gasteiger partial charge in [-0.3, -0.25) is 4.90 Å². The molecule has 1 amide bonds. The molecule has 1 N–H and O–H groups in total. The maximum absolute atomic E-state index is 11.8. The van der Waals surface area contributed by atoms with Crippen molar-refractivity contribution in [3.63, 3.8) is 0 Å². The Morgan fingerprint density at radius 1 is 1.36 bits per heavy atom. The minimum atomic E-state index is -0.343. The number of amides is 1. The van der Waals surface area contributed by atoms with Crippen LogP contribution in [-0.2, 0) is 0 Å². The van der Waals surface area contributed by atoms with Gasteiger partial charge < -0.3 is 10.1 Å². The van der Waals surface area contributed by atoms with Crippen molar-refractivity contribution in [3.8, 4) is 5.75 Å². The summed E-state index contributed by atoms with van der Waals surface area (Å²) < 4.78 is 5.42. The van der Waals surface area contributed by atoms with Gasteiger partial charge in [0.15, 0.2) is 0 Å². The van der Waals surface area contributed by atoms with Crippen LogP contribution < -0.4 is 10.1 Å². The van der Waals surface area contributed by atoms with Gasteiger partial charge in [0.1, 0.15) is 5.75 Å². The number of nitrogens with one attached hydrogen (secondary N) is 1. The van der Waals surface area contributed by atoms with Crippen LogP contribution in [-0.4, -0.2) is 30.6 Å². The Balaban J connectivity index is 1.69. The standard InChI is InChI=1S/C18H26N2O2/c1-3-5-9-19-18(21)22-14-6-7-15-16(12-14)13-8-10-20(4-2)17(15)11-13/h6-7,12-13,17H,3-5,8-11H2,1-2H3,(H,19,21). The number of carbonyl (C=O) groups is 1. The molecule has 2 aliphatic rings. The predicted octanol–water partition coefficient (Wildman–Crippen LogP) is 3.83. The van der Waals surface area contributed by atoms with Gasteiger partial charge in [-0.25, -0.2) is 4.79 Å². The van der Waals surface area contributed by atoms with E-state index < -0.39 is 0 Å². The average Bonchev–Trinajstić information content (AvgIpc) is 2.81.